The molecule has 0 amide bonds. The highest BCUT2D eigenvalue weighted by molar-refractivity contribution is 5.31. The average molecular weight is 274 g/mol. The monoisotopic (exact) mass is 274 g/mol. The van der Waals surface area contributed by atoms with E-state index in [4.69, 9.17) is 14.7 Å². The number of ether oxygens (including phenoxy) is 2. The van der Waals surface area contributed by atoms with Crippen molar-refractivity contribution in [1.82, 2.24) is 4.90 Å². The first kappa shape index (κ1) is 15.0. The van der Waals surface area contributed by atoms with Crippen molar-refractivity contribution in [2.24, 2.45) is 0 Å². The summed E-state index contributed by atoms with van der Waals surface area (Å²) in [5.41, 5.74) is 2.67. The van der Waals surface area contributed by atoms with Gasteiger partial charge in [-0.25, -0.2) is 0 Å². The molecule has 1 aromatic rings. The van der Waals surface area contributed by atoms with Gasteiger partial charge in [0.25, 0.3) is 0 Å². The van der Waals surface area contributed by atoms with Crippen LogP contribution in [0.3, 0.4) is 0 Å². The molecule has 0 N–H and O–H groups in total. The molecule has 1 aromatic carbocycles. The summed E-state index contributed by atoms with van der Waals surface area (Å²) in [7, 11) is 1.70. The van der Waals surface area contributed by atoms with Crippen molar-refractivity contribution < 1.29 is 9.47 Å². The van der Waals surface area contributed by atoms with E-state index in [1.807, 2.05) is 0 Å². The van der Waals surface area contributed by atoms with Gasteiger partial charge in [0.1, 0.15) is 0 Å². The van der Waals surface area contributed by atoms with Gasteiger partial charge < -0.3 is 9.47 Å². The minimum Gasteiger partial charge on any atom is -0.383 e. The number of nitriles is 1. The molecule has 0 bridgehead atoms. The van der Waals surface area contributed by atoms with Crippen molar-refractivity contribution in [3.63, 3.8) is 0 Å². The maximum atomic E-state index is 8.77. The molecule has 1 aliphatic rings. The molecule has 20 heavy (non-hydrogen) atoms. The van der Waals surface area contributed by atoms with E-state index in [2.05, 4.69) is 35.2 Å². The number of nitrogens with zero attached hydrogens (tertiary/aromatic N) is 2. The summed E-state index contributed by atoms with van der Waals surface area (Å²) in [6.07, 6.45) is 1.64. The largest absolute Gasteiger partial charge is 0.383 e. The highest BCUT2D eigenvalue weighted by Gasteiger charge is 2.22. The Hall–Kier alpha value is -1.41. The zero-order valence-electron chi connectivity index (χ0n) is 12.0. The lowest BCUT2D eigenvalue weighted by atomic mass is 9.97. The van der Waals surface area contributed by atoms with Gasteiger partial charge in [0.15, 0.2) is 0 Å². The first-order chi connectivity index (χ1) is 9.85. The standard InChI is InChI=1S/C16H22N2O2/c1-19-12-10-18(9-4-8-17)13-16-15-6-3-2-5-14(15)7-11-20-16/h2-3,5-6,16H,4,7,9-13H2,1H3. The van der Waals surface area contributed by atoms with Gasteiger partial charge in [-0.1, -0.05) is 24.3 Å². The molecule has 4 nitrogen and oxygen atoms in total. The Kier molecular flexibility index (Phi) is 6.00. The Morgan fingerprint density at radius 1 is 1.40 bits per heavy atom. The summed E-state index contributed by atoms with van der Waals surface area (Å²) in [6, 6.07) is 10.7. The van der Waals surface area contributed by atoms with Gasteiger partial charge in [-0.2, -0.15) is 5.26 Å². The van der Waals surface area contributed by atoms with Crippen LogP contribution in [0.15, 0.2) is 24.3 Å². The second kappa shape index (κ2) is 8.01. The summed E-state index contributed by atoms with van der Waals surface area (Å²) >= 11 is 0. The normalized spacial score (nSPS) is 17.8. The molecule has 0 saturated carbocycles. The molecule has 0 saturated heterocycles. The van der Waals surface area contributed by atoms with Crippen LogP contribution in [0.2, 0.25) is 0 Å². The minimum absolute atomic E-state index is 0.107. The molecule has 0 aliphatic carbocycles. The number of rotatable bonds is 7. The fourth-order valence-electron chi connectivity index (χ4n) is 2.59. The quantitative estimate of drug-likeness (QED) is 0.764. The predicted molar refractivity (Wildman–Crippen MR) is 77.4 cm³/mol. The van der Waals surface area contributed by atoms with Crippen LogP contribution in [-0.2, 0) is 15.9 Å². The van der Waals surface area contributed by atoms with Gasteiger partial charge in [0, 0.05) is 33.2 Å². The Labute approximate surface area is 120 Å². The molecule has 0 spiro atoms. The summed E-state index contributed by atoms with van der Waals surface area (Å²) in [4.78, 5) is 2.25. The first-order valence-corrected chi connectivity index (χ1v) is 7.12. The van der Waals surface area contributed by atoms with E-state index >= 15 is 0 Å². The van der Waals surface area contributed by atoms with Crippen molar-refractivity contribution in [2.75, 3.05) is 40.0 Å². The van der Waals surface area contributed by atoms with Gasteiger partial charge in [-0.05, 0) is 17.5 Å². The van der Waals surface area contributed by atoms with Crippen molar-refractivity contribution in [1.29, 1.82) is 5.26 Å². The second-order valence-electron chi connectivity index (χ2n) is 5.01. The zero-order valence-corrected chi connectivity index (χ0v) is 12.0. The van der Waals surface area contributed by atoms with Crippen molar-refractivity contribution in [3.05, 3.63) is 35.4 Å². The smallest absolute Gasteiger partial charge is 0.0954 e. The molecular weight excluding hydrogens is 252 g/mol. The lowest BCUT2D eigenvalue weighted by Gasteiger charge is -2.31. The Morgan fingerprint density at radius 2 is 2.25 bits per heavy atom. The van der Waals surface area contributed by atoms with Crippen LogP contribution >= 0.6 is 0 Å². The minimum atomic E-state index is 0.107. The van der Waals surface area contributed by atoms with E-state index in [0.717, 1.165) is 32.7 Å². The van der Waals surface area contributed by atoms with E-state index in [1.54, 1.807) is 7.11 Å². The number of hydrogen-bond donors (Lipinski definition) is 0. The summed E-state index contributed by atoms with van der Waals surface area (Å²) in [6.45, 7) is 3.88. The Bertz CT molecular complexity index is 456. The molecule has 1 heterocycles. The molecule has 108 valence electrons. The molecule has 2 rings (SSSR count). The van der Waals surface area contributed by atoms with Crippen molar-refractivity contribution in [2.45, 2.75) is 18.9 Å². The Morgan fingerprint density at radius 3 is 3.05 bits per heavy atom. The van der Waals surface area contributed by atoms with E-state index in [0.29, 0.717) is 13.0 Å². The molecule has 0 radical (unpaired) electrons. The molecular formula is C16H22N2O2. The lowest BCUT2D eigenvalue weighted by molar-refractivity contribution is 0.0114. The van der Waals surface area contributed by atoms with E-state index < -0.39 is 0 Å². The Balaban J connectivity index is 2.01. The molecule has 1 unspecified atom stereocenters. The highest BCUT2D eigenvalue weighted by Crippen LogP contribution is 2.27. The highest BCUT2D eigenvalue weighted by atomic mass is 16.5. The summed E-state index contributed by atoms with van der Waals surface area (Å²) in [5.74, 6) is 0. The number of benzene rings is 1. The van der Waals surface area contributed by atoms with E-state index in [9.17, 15) is 0 Å². The predicted octanol–water partition coefficient (Wildman–Crippen LogP) is 2.16. The van der Waals surface area contributed by atoms with E-state index in [-0.39, 0.29) is 6.10 Å². The summed E-state index contributed by atoms with van der Waals surface area (Å²) in [5, 5.41) is 8.77. The van der Waals surface area contributed by atoms with Gasteiger partial charge >= 0.3 is 0 Å². The molecule has 0 aromatic heterocycles. The van der Waals surface area contributed by atoms with Gasteiger partial charge in [0.05, 0.1) is 25.4 Å². The molecule has 1 atom stereocenters. The SMILES string of the molecule is COCCN(CCC#N)CC1OCCc2ccccc21. The fraction of sp³-hybridized carbons (Fsp3) is 0.562. The van der Waals surface area contributed by atoms with Gasteiger partial charge in [0.2, 0.25) is 0 Å². The number of hydrogen-bond acceptors (Lipinski definition) is 4. The third kappa shape index (κ3) is 4.04. The number of fused-ring (bicyclic) bond motifs is 1. The van der Waals surface area contributed by atoms with Gasteiger partial charge in [-0.3, -0.25) is 4.90 Å². The van der Waals surface area contributed by atoms with Crippen LogP contribution < -0.4 is 0 Å². The van der Waals surface area contributed by atoms with Crippen LogP contribution in [0.1, 0.15) is 23.7 Å². The van der Waals surface area contributed by atoms with Crippen LogP contribution in [-0.4, -0.2) is 44.9 Å². The van der Waals surface area contributed by atoms with Gasteiger partial charge in [-0.15, -0.1) is 0 Å². The first-order valence-electron chi connectivity index (χ1n) is 7.12. The third-order valence-corrected chi connectivity index (χ3v) is 3.67. The van der Waals surface area contributed by atoms with Crippen molar-refractivity contribution in [3.8, 4) is 6.07 Å². The molecule has 4 heteroatoms. The molecule has 0 fully saturated rings. The van der Waals surface area contributed by atoms with E-state index in [1.165, 1.54) is 11.1 Å². The van der Waals surface area contributed by atoms with Crippen LogP contribution in [0, 0.1) is 11.3 Å². The van der Waals surface area contributed by atoms with Crippen LogP contribution in [0.5, 0.6) is 0 Å². The number of methoxy groups -OCH3 is 1. The lowest BCUT2D eigenvalue weighted by Crippen LogP contribution is -2.35. The zero-order chi connectivity index (χ0) is 14.2. The fourth-order valence-corrected chi connectivity index (χ4v) is 2.59. The summed E-state index contributed by atoms with van der Waals surface area (Å²) < 4.78 is 11.1. The van der Waals surface area contributed by atoms with Crippen LogP contribution in [0.4, 0.5) is 0 Å². The topological polar surface area (TPSA) is 45.5 Å². The maximum absolute atomic E-state index is 8.77. The maximum Gasteiger partial charge on any atom is 0.0954 e. The van der Waals surface area contributed by atoms with Crippen LogP contribution in [0.25, 0.3) is 0 Å². The second-order valence-corrected chi connectivity index (χ2v) is 5.01. The average Bonchev–Trinajstić information content (AvgIpc) is 2.50. The third-order valence-electron chi connectivity index (χ3n) is 3.67. The van der Waals surface area contributed by atoms with Crippen molar-refractivity contribution >= 4 is 0 Å². The molecule has 1 aliphatic heterocycles.